The molecule has 7 heteroatoms. The van der Waals surface area contributed by atoms with E-state index in [9.17, 15) is 4.79 Å². The van der Waals surface area contributed by atoms with E-state index in [2.05, 4.69) is 34.7 Å². The van der Waals surface area contributed by atoms with E-state index in [0.717, 1.165) is 29.5 Å². The second-order valence-electron chi connectivity index (χ2n) is 4.60. The van der Waals surface area contributed by atoms with Crippen molar-refractivity contribution in [2.24, 2.45) is 5.92 Å². The number of aromatic nitrogens is 2. The van der Waals surface area contributed by atoms with Crippen LogP contribution in [-0.2, 0) is 11.3 Å². The molecule has 1 aliphatic rings. The Hall–Kier alpha value is -0.720. The molecule has 0 aliphatic carbocycles. The summed E-state index contributed by atoms with van der Waals surface area (Å²) in [5, 5.41) is 16.2. The number of rotatable bonds is 4. The minimum Gasteiger partial charge on any atom is -0.349 e. The van der Waals surface area contributed by atoms with Crippen LogP contribution in [-0.4, -0.2) is 29.2 Å². The monoisotopic (exact) mass is 290 g/mol. The first-order valence-corrected chi connectivity index (χ1v) is 6.79. The highest BCUT2D eigenvalue weighted by atomic mass is 35.5. The summed E-state index contributed by atoms with van der Waals surface area (Å²) in [5.41, 5.74) is 0. The quantitative estimate of drug-likeness (QED) is 0.877. The average molecular weight is 291 g/mol. The maximum absolute atomic E-state index is 11.8. The highest BCUT2D eigenvalue weighted by Gasteiger charge is 2.22. The lowest BCUT2D eigenvalue weighted by atomic mass is 10.1. The van der Waals surface area contributed by atoms with Crippen LogP contribution in [0.5, 0.6) is 0 Å². The third kappa shape index (κ3) is 3.90. The van der Waals surface area contributed by atoms with Crippen molar-refractivity contribution in [2.45, 2.75) is 32.7 Å². The lowest BCUT2D eigenvalue weighted by molar-refractivity contribution is -0.124. The molecule has 2 rings (SSSR count). The minimum absolute atomic E-state index is 0. The molecule has 0 radical (unpaired) electrons. The summed E-state index contributed by atoms with van der Waals surface area (Å²) in [7, 11) is 0. The third-order valence-electron chi connectivity index (χ3n) is 2.82. The van der Waals surface area contributed by atoms with Gasteiger partial charge in [-0.2, -0.15) is 0 Å². The van der Waals surface area contributed by atoms with E-state index in [1.807, 2.05) is 0 Å². The molecule has 1 unspecified atom stereocenters. The summed E-state index contributed by atoms with van der Waals surface area (Å²) in [6, 6.07) is 0. The van der Waals surface area contributed by atoms with Crippen LogP contribution in [0.4, 0.5) is 0 Å². The first-order valence-electron chi connectivity index (χ1n) is 5.97. The Kier molecular flexibility index (Phi) is 5.98. The van der Waals surface area contributed by atoms with Gasteiger partial charge >= 0.3 is 0 Å². The van der Waals surface area contributed by atoms with Gasteiger partial charge in [0.05, 0.1) is 12.5 Å². The average Bonchev–Trinajstić information content (AvgIpc) is 2.97. The van der Waals surface area contributed by atoms with Gasteiger partial charge in [-0.25, -0.2) is 0 Å². The van der Waals surface area contributed by atoms with Crippen molar-refractivity contribution in [1.29, 1.82) is 0 Å². The fraction of sp³-hybridized carbons (Fsp3) is 0.727. The Bertz CT molecular complexity index is 390. The molecule has 102 valence electrons. The lowest BCUT2D eigenvalue weighted by Crippen LogP contribution is -2.31. The van der Waals surface area contributed by atoms with Crippen LogP contribution >= 0.6 is 23.7 Å². The lowest BCUT2D eigenvalue weighted by Gasteiger charge is -2.07. The van der Waals surface area contributed by atoms with Gasteiger partial charge in [-0.3, -0.25) is 4.79 Å². The molecule has 0 bridgehead atoms. The second-order valence-corrected chi connectivity index (χ2v) is 5.69. The summed E-state index contributed by atoms with van der Waals surface area (Å²) in [6.45, 7) is 6.41. The van der Waals surface area contributed by atoms with E-state index < -0.39 is 0 Å². The normalized spacial score (nSPS) is 18.7. The molecular weight excluding hydrogens is 272 g/mol. The van der Waals surface area contributed by atoms with Gasteiger partial charge in [0.25, 0.3) is 0 Å². The highest BCUT2D eigenvalue weighted by molar-refractivity contribution is 7.11. The molecule has 1 amide bonds. The van der Waals surface area contributed by atoms with E-state index in [4.69, 9.17) is 0 Å². The number of hydrogen-bond acceptors (Lipinski definition) is 5. The van der Waals surface area contributed by atoms with Crippen LogP contribution in [0.3, 0.4) is 0 Å². The number of amides is 1. The second kappa shape index (κ2) is 7.01. The molecule has 0 aromatic carbocycles. The van der Waals surface area contributed by atoms with Gasteiger partial charge < -0.3 is 10.6 Å². The van der Waals surface area contributed by atoms with Gasteiger partial charge in [-0.15, -0.1) is 22.6 Å². The largest absolute Gasteiger partial charge is 0.349 e. The van der Waals surface area contributed by atoms with E-state index in [-0.39, 0.29) is 24.2 Å². The molecule has 2 N–H and O–H groups in total. The number of nitrogens with one attached hydrogen (secondary N) is 2. The Morgan fingerprint density at radius 3 is 2.89 bits per heavy atom. The van der Waals surface area contributed by atoms with E-state index in [1.165, 1.54) is 0 Å². The van der Waals surface area contributed by atoms with Crippen LogP contribution in [0, 0.1) is 5.92 Å². The molecule has 1 aromatic rings. The molecule has 2 heterocycles. The van der Waals surface area contributed by atoms with Gasteiger partial charge in [-0.05, 0) is 13.0 Å². The van der Waals surface area contributed by atoms with Crippen LogP contribution < -0.4 is 10.6 Å². The molecule has 0 spiro atoms. The number of halogens is 1. The number of carbonyl (C=O) groups is 1. The summed E-state index contributed by atoms with van der Waals surface area (Å²) < 4.78 is 0. The zero-order chi connectivity index (χ0) is 12.3. The van der Waals surface area contributed by atoms with Crippen LogP contribution in [0.2, 0.25) is 0 Å². The molecule has 1 aliphatic heterocycles. The molecule has 18 heavy (non-hydrogen) atoms. The Morgan fingerprint density at radius 1 is 1.56 bits per heavy atom. The van der Waals surface area contributed by atoms with Crippen molar-refractivity contribution in [2.75, 3.05) is 13.1 Å². The predicted molar refractivity (Wildman–Crippen MR) is 74.1 cm³/mol. The molecule has 1 saturated heterocycles. The topological polar surface area (TPSA) is 66.9 Å². The first kappa shape index (κ1) is 15.3. The number of hydrogen-bond donors (Lipinski definition) is 2. The molecule has 1 aromatic heterocycles. The summed E-state index contributed by atoms with van der Waals surface area (Å²) in [4.78, 5) is 11.8. The highest BCUT2D eigenvalue weighted by Crippen LogP contribution is 2.18. The zero-order valence-corrected chi connectivity index (χ0v) is 12.2. The Labute approximate surface area is 117 Å². The van der Waals surface area contributed by atoms with E-state index in [1.54, 1.807) is 11.3 Å². The van der Waals surface area contributed by atoms with Crippen molar-refractivity contribution < 1.29 is 4.79 Å². The van der Waals surface area contributed by atoms with Crippen LogP contribution in [0.1, 0.15) is 36.2 Å². The van der Waals surface area contributed by atoms with Gasteiger partial charge in [0.15, 0.2) is 0 Å². The molecule has 1 atom stereocenters. The molecule has 0 saturated carbocycles. The predicted octanol–water partition coefficient (Wildman–Crippen LogP) is 1.31. The minimum atomic E-state index is 0. The van der Waals surface area contributed by atoms with Gasteiger partial charge in [0.2, 0.25) is 5.91 Å². The van der Waals surface area contributed by atoms with Crippen LogP contribution in [0.15, 0.2) is 0 Å². The zero-order valence-electron chi connectivity index (χ0n) is 10.6. The SMILES string of the molecule is CC(C)c1nnc(CNC(=O)C2CCNC2)s1.Cl. The number of nitrogens with zero attached hydrogens (tertiary/aromatic N) is 2. The van der Waals surface area contributed by atoms with Crippen molar-refractivity contribution in [3.05, 3.63) is 10.0 Å². The molecule has 5 nitrogen and oxygen atoms in total. The smallest absolute Gasteiger partial charge is 0.224 e. The van der Waals surface area contributed by atoms with Gasteiger partial charge in [0.1, 0.15) is 10.0 Å². The van der Waals surface area contributed by atoms with Gasteiger partial charge in [-0.1, -0.05) is 25.2 Å². The van der Waals surface area contributed by atoms with Crippen molar-refractivity contribution in [1.82, 2.24) is 20.8 Å². The standard InChI is InChI=1S/C11H18N4OS.ClH/c1-7(2)11-15-14-9(17-11)6-13-10(16)8-3-4-12-5-8;/h7-8,12H,3-6H2,1-2H3,(H,13,16);1H. The van der Waals surface area contributed by atoms with Crippen LogP contribution in [0.25, 0.3) is 0 Å². The first-order chi connectivity index (χ1) is 8.16. The molecule has 1 fully saturated rings. The maximum Gasteiger partial charge on any atom is 0.224 e. The Balaban J connectivity index is 0.00000162. The third-order valence-corrected chi connectivity index (χ3v) is 4.05. The van der Waals surface area contributed by atoms with Crippen molar-refractivity contribution in [3.63, 3.8) is 0 Å². The summed E-state index contributed by atoms with van der Waals surface area (Å²) in [5.74, 6) is 0.639. The summed E-state index contributed by atoms with van der Waals surface area (Å²) in [6.07, 6.45) is 0.930. The fourth-order valence-electron chi connectivity index (χ4n) is 1.76. The number of carbonyl (C=O) groups excluding carboxylic acids is 1. The van der Waals surface area contributed by atoms with Gasteiger partial charge in [0, 0.05) is 12.5 Å². The Morgan fingerprint density at radius 2 is 2.33 bits per heavy atom. The summed E-state index contributed by atoms with van der Waals surface area (Å²) >= 11 is 1.57. The van der Waals surface area contributed by atoms with E-state index >= 15 is 0 Å². The fourth-order valence-corrected chi connectivity index (χ4v) is 2.54. The van der Waals surface area contributed by atoms with E-state index in [0.29, 0.717) is 12.5 Å². The van der Waals surface area contributed by atoms with Crippen molar-refractivity contribution in [3.8, 4) is 0 Å². The maximum atomic E-state index is 11.8. The molecular formula is C11H19ClN4OS. The van der Waals surface area contributed by atoms with Crippen molar-refractivity contribution >= 4 is 29.7 Å².